The summed E-state index contributed by atoms with van der Waals surface area (Å²) in [4.78, 5) is 52.2. The zero-order valence-corrected chi connectivity index (χ0v) is 15.2. The average molecular weight is 384 g/mol. The molecular weight excluding hydrogens is 368 g/mol. The summed E-state index contributed by atoms with van der Waals surface area (Å²) in [7, 11) is 0. The van der Waals surface area contributed by atoms with Crippen molar-refractivity contribution in [1.82, 2.24) is 9.80 Å². The molecule has 2 aromatic rings. The predicted octanol–water partition coefficient (Wildman–Crippen LogP) is 2.45. The van der Waals surface area contributed by atoms with E-state index in [2.05, 4.69) is 0 Å². The third-order valence-corrected chi connectivity index (χ3v) is 5.53. The summed E-state index contributed by atoms with van der Waals surface area (Å²) in [6.07, 6.45) is 4.49. The molecule has 27 heavy (non-hydrogen) atoms. The van der Waals surface area contributed by atoms with Crippen LogP contribution in [0.15, 0.2) is 44.6 Å². The highest BCUT2D eigenvalue weighted by molar-refractivity contribution is 8.18. The highest BCUT2D eigenvalue weighted by Crippen LogP contribution is 2.32. The van der Waals surface area contributed by atoms with Crippen LogP contribution in [0, 0.1) is 0 Å². The van der Waals surface area contributed by atoms with Crippen LogP contribution in [0.4, 0.5) is 4.79 Å². The summed E-state index contributed by atoms with van der Waals surface area (Å²) in [6.45, 7) is 1.04. The standard InChI is InChI=1S/C19H16N2O5S/c22-16(20-7-3-4-8-20)10-21-18(24)15(27-19(21)25)9-12-11-26-14-6-2-1-5-13(14)17(12)23/h1-2,5-6,9,11H,3-4,7-8,10H2/b15-9-. The van der Waals surface area contributed by atoms with Crippen molar-refractivity contribution >= 4 is 45.9 Å². The van der Waals surface area contributed by atoms with Gasteiger partial charge in [-0.2, -0.15) is 0 Å². The monoisotopic (exact) mass is 384 g/mol. The first-order valence-corrected chi connectivity index (χ1v) is 9.40. The molecule has 0 unspecified atom stereocenters. The van der Waals surface area contributed by atoms with Crippen LogP contribution < -0.4 is 5.43 Å². The van der Waals surface area contributed by atoms with Gasteiger partial charge < -0.3 is 9.32 Å². The van der Waals surface area contributed by atoms with E-state index in [4.69, 9.17) is 4.42 Å². The van der Waals surface area contributed by atoms with Gasteiger partial charge in [-0.15, -0.1) is 0 Å². The van der Waals surface area contributed by atoms with Crippen molar-refractivity contribution in [2.45, 2.75) is 12.8 Å². The SMILES string of the molecule is O=C(CN1C(=O)S/C(=C\c2coc3ccccc3c2=O)C1=O)N1CCCC1. The number of rotatable bonds is 3. The molecule has 0 atom stereocenters. The number of fused-ring (bicyclic) bond motifs is 1. The second-order valence-corrected chi connectivity index (χ2v) is 7.37. The van der Waals surface area contributed by atoms with Gasteiger partial charge in [-0.05, 0) is 42.8 Å². The predicted molar refractivity (Wildman–Crippen MR) is 101 cm³/mol. The first-order chi connectivity index (χ1) is 13.0. The van der Waals surface area contributed by atoms with Gasteiger partial charge in [-0.3, -0.25) is 24.1 Å². The third-order valence-electron chi connectivity index (χ3n) is 4.62. The molecule has 2 aliphatic heterocycles. The Bertz CT molecular complexity index is 1040. The van der Waals surface area contributed by atoms with Crippen LogP contribution in [0.5, 0.6) is 0 Å². The smallest absolute Gasteiger partial charge is 0.294 e. The fraction of sp³-hybridized carbons (Fsp3) is 0.263. The molecule has 1 aromatic heterocycles. The number of carbonyl (C=O) groups is 3. The maximum absolute atomic E-state index is 12.6. The molecule has 3 heterocycles. The molecule has 0 bridgehead atoms. The number of hydrogen-bond acceptors (Lipinski definition) is 6. The van der Waals surface area contributed by atoms with Crippen molar-refractivity contribution in [2.24, 2.45) is 0 Å². The van der Waals surface area contributed by atoms with Crippen LogP contribution in [-0.2, 0) is 9.59 Å². The van der Waals surface area contributed by atoms with Crippen LogP contribution >= 0.6 is 11.8 Å². The van der Waals surface area contributed by atoms with E-state index in [1.807, 2.05) is 0 Å². The van der Waals surface area contributed by atoms with E-state index < -0.39 is 11.1 Å². The van der Waals surface area contributed by atoms with E-state index >= 15 is 0 Å². The fourth-order valence-corrected chi connectivity index (χ4v) is 4.00. The first kappa shape index (κ1) is 17.5. The molecule has 2 fully saturated rings. The molecule has 8 heteroatoms. The van der Waals surface area contributed by atoms with E-state index in [0.717, 1.165) is 29.5 Å². The topological polar surface area (TPSA) is 87.9 Å². The Morgan fingerprint density at radius 3 is 2.67 bits per heavy atom. The summed E-state index contributed by atoms with van der Waals surface area (Å²) in [5.41, 5.74) is 0.353. The van der Waals surface area contributed by atoms with Crippen LogP contribution in [0.3, 0.4) is 0 Å². The van der Waals surface area contributed by atoms with Gasteiger partial charge in [0, 0.05) is 13.1 Å². The minimum atomic E-state index is -0.565. The molecule has 0 saturated carbocycles. The number of carbonyl (C=O) groups excluding carboxylic acids is 3. The van der Waals surface area contributed by atoms with Crippen molar-refractivity contribution < 1.29 is 18.8 Å². The Kier molecular flexibility index (Phi) is 4.57. The molecule has 138 valence electrons. The Balaban J connectivity index is 1.59. The largest absolute Gasteiger partial charge is 0.463 e. The summed E-state index contributed by atoms with van der Waals surface area (Å²) in [5.74, 6) is -0.800. The Morgan fingerprint density at radius 2 is 1.89 bits per heavy atom. The van der Waals surface area contributed by atoms with Crippen LogP contribution in [0.1, 0.15) is 18.4 Å². The summed E-state index contributed by atoms with van der Waals surface area (Å²) >= 11 is 0.722. The lowest BCUT2D eigenvalue weighted by molar-refractivity contribution is -0.135. The van der Waals surface area contributed by atoms with Crippen molar-refractivity contribution in [3.63, 3.8) is 0 Å². The molecule has 2 aliphatic rings. The van der Waals surface area contributed by atoms with Gasteiger partial charge in [0.1, 0.15) is 18.4 Å². The van der Waals surface area contributed by atoms with Crippen LogP contribution in [0.25, 0.3) is 17.0 Å². The Morgan fingerprint density at radius 1 is 1.15 bits per heavy atom. The van der Waals surface area contributed by atoms with Gasteiger partial charge >= 0.3 is 0 Å². The number of imide groups is 1. The van der Waals surface area contributed by atoms with E-state index in [-0.39, 0.29) is 28.3 Å². The van der Waals surface area contributed by atoms with Crippen molar-refractivity contribution in [1.29, 1.82) is 0 Å². The maximum Gasteiger partial charge on any atom is 0.294 e. The van der Waals surface area contributed by atoms with E-state index in [1.54, 1.807) is 29.2 Å². The lowest BCUT2D eigenvalue weighted by Crippen LogP contribution is -2.40. The van der Waals surface area contributed by atoms with Gasteiger partial charge in [0.25, 0.3) is 11.1 Å². The van der Waals surface area contributed by atoms with Crippen molar-refractivity contribution in [3.05, 3.63) is 51.2 Å². The first-order valence-electron chi connectivity index (χ1n) is 8.58. The lowest BCUT2D eigenvalue weighted by atomic mass is 10.1. The number of hydrogen-bond donors (Lipinski definition) is 0. The molecule has 1 aromatic carbocycles. The third kappa shape index (κ3) is 3.28. The van der Waals surface area contributed by atoms with Gasteiger partial charge in [0.2, 0.25) is 5.91 Å². The molecule has 2 saturated heterocycles. The molecule has 3 amide bonds. The Hall–Kier alpha value is -2.87. The van der Waals surface area contributed by atoms with E-state index in [1.165, 1.54) is 12.3 Å². The molecule has 4 rings (SSSR count). The normalized spacial score (nSPS) is 18.9. The number of para-hydroxylation sites is 1. The second-order valence-electron chi connectivity index (χ2n) is 6.37. The molecule has 0 aliphatic carbocycles. The van der Waals surface area contributed by atoms with Crippen molar-refractivity contribution in [2.75, 3.05) is 19.6 Å². The zero-order chi connectivity index (χ0) is 19.0. The van der Waals surface area contributed by atoms with Gasteiger partial charge in [0.05, 0.1) is 15.9 Å². The molecule has 0 spiro atoms. The number of benzene rings is 1. The summed E-state index contributed by atoms with van der Waals surface area (Å²) in [6, 6.07) is 6.80. The molecule has 0 radical (unpaired) electrons. The fourth-order valence-electron chi connectivity index (χ4n) is 3.17. The molecular formula is C19H16N2O5S. The lowest BCUT2D eigenvalue weighted by Gasteiger charge is -2.18. The number of amides is 3. The van der Waals surface area contributed by atoms with Gasteiger partial charge in [-0.25, -0.2) is 0 Å². The summed E-state index contributed by atoms with van der Waals surface area (Å²) < 4.78 is 5.43. The van der Waals surface area contributed by atoms with E-state index in [9.17, 15) is 19.2 Å². The molecule has 7 nitrogen and oxygen atoms in total. The number of thioether (sulfide) groups is 1. The summed E-state index contributed by atoms with van der Waals surface area (Å²) in [5, 5.41) is -0.112. The van der Waals surface area contributed by atoms with Crippen molar-refractivity contribution in [3.8, 4) is 0 Å². The van der Waals surface area contributed by atoms with E-state index in [0.29, 0.717) is 24.1 Å². The Labute approximate surface area is 158 Å². The minimum Gasteiger partial charge on any atom is -0.463 e. The number of likely N-dealkylation sites (tertiary alicyclic amines) is 1. The maximum atomic E-state index is 12.6. The van der Waals surface area contributed by atoms with Crippen LogP contribution in [-0.4, -0.2) is 46.5 Å². The highest BCUT2D eigenvalue weighted by atomic mass is 32.2. The van der Waals surface area contributed by atoms with Crippen LogP contribution in [0.2, 0.25) is 0 Å². The minimum absolute atomic E-state index is 0.108. The molecule has 0 N–H and O–H groups in total. The van der Waals surface area contributed by atoms with Gasteiger partial charge in [0.15, 0.2) is 5.43 Å². The quantitative estimate of drug-likeness (QED) is 0.756. The highest BCUT2D eigenvalue weighted by Gasteiger charge is 2.37. The number of nitrogens with zero attached hydrogens (tertiary/aromatic N) is 2. The van der Waals surface area contributed by atoms with Gasteiger partial charge in [-0.1, -0.05) is 12.1 Å². The second kappa shape index (κ2) is 7.03. The zero-order valence-electron chi connectivity index (χ0n) is 14.3. The average Bonchev–Trinajstić information content (AvgIpc) is 3.29.